The van der Waals surface area contributed by atoms with Gasteiger partial charge in [-0.3, -0.25) is 0 Å². The van der Waals surface area contributed by atoms with E-state index >= 15 is 0 Å². The third-order valence-electron chi connectivity index (χ3n) is 2.65. The van der Waals surface area contributed by atoms with Gasteiger partial charge in [-0.15, -0.1) is 0 Å². The summed E-state index contributed by atoms with van der Waals surface area (Å²) in [5, 5.41) is 9.91. The normalized spacial score (nSPS) is 15.9. The zero-order valence-corrected chi connectivity index (χ0v) is 11.0. The van der Waals surface area contributed by atoms with Crippen LogP contribution in [0.25, 0.3) is 0 Å². The van der Waals surface area contributed by atoms with Crippen molar-refractivity contribution in [3.05, 3.63) is 29.8 Å². The number of hydrogen-bond acceptors (Lipinski definition) is 4. The third kappa shape index (κ3) is 2.84. The fourth-order valence-corrected chi connectivity index (χ4v) is 2.22. The molecule has 3 N–H and O–H groups in total. The molecular formula is C11H18N2O3S. The van der Waals surface area contributed by atoms with Crippen LogP contribution in [0.2, 0.25) is 0 Å². The summed E-state index contributed by atoms with van der Waals surface area (Å²) in [5.41, 5.74) is 4.89. The van der Waals surface area contributed by atoms with E-state index in [-0.39, 0.29) is 11.4 Å². The summed E-state index contributed by atoms with van der Waals surface area (Å²) >= 11 is 0. The fourth-order valence-electron chi connectivity index (χ4n) is 1.31. The highest BCUT2D eigenvalue weighted by molar-refractivity contribution is 7.89. The van der Waals surface area contributed by atoms with Crippen LogP contribution >= 0.6 is 0 Å². The van der Waals surface area contributed by atoms with E-state index in [0.717, 1.165) is 4.31 Å². The molecule has 1 unspecified atom stereocenters. The average molecular weight is 258 g/mol. The van der Waals surface area contributed by atoms with E-state index in [1.165, 1.54) is 26.2 Å². The molecule has 0 fully saturated rings. The maximum Gasteiger partial charge on any atom is 0.242 e. The van der Waals surface area contributed by atoms with Gasteiger partial charge in [0.05, 0.1) is 10.5 Å². The monoisotopic (exact) mass is 258 g/mol. The van der Waals surface area contributed by atoms with Crippen molar-refractivity contribution in [2.24, 2.45) is 5.73 Å². The first-order valence-electron chi connectivity index (χ1n) is 5.17. The van der Waals surface area contributed by atoms with Gasteiger partial charge in [0.25, 0.3) is 0 Å². The van der Waals surface area contributed by atoms with Crippen molar-refractivity contribution in [1.82, 2.24) is 4.31 Å². The Morgan fingerprint density at radius 3 is 2.12 bits per heavy atom. The molecule has 0 aromatic heterocycles. The van der Waals surface area contributed by atoms with E-state index in [1.54, 1.807) is 19.1 Å². The lowest BCUT2D eigenvalue weighted by molar-refractivity contribution is 0.0668. The standard InChI is InChI=1S/C11H18N2O3S/c1-11(14,8-12)9-4-6-10(7-5-9)17(15,16)13(2)3/h4-7,14H,8,12H2,1-3H3. The van der Waals surface area contributed by atoms with Crippen LogP contribution < -0.4 is 5.73 Å². The van der Waals surface area contributed by atoms with E-state index < -0.39 is 15.6 Å². The van der Waals surface area contributed by atoms with Crippen LogP contribution in [0, 0.1) is 0 Å². The Hall–Kier alpha value is -0.950. The van der Waals surface area contributed by atoms with Gasteiger partial charge in [0.1, 0.15) is 0 Å². The van der Waals surface area contributed by atoms with Crippen molar-refractivity contribution < 1.29 is 13.5 Å². The molecule has 5 nitrogen and oxygen atoms in total. The average Bonchev–Trinajstić information content (AvgIpc) is 2.29. The van der Waals surface area contributed by atoms with Crippen LogP contribution in [0.15, 0.2) is 29.2 Å². The van der Waals surface area contributed by atoms with Crippen LogP contribution in [-0.4, -0.2) is 38.5 Å². The van der Waals surface area contributed by atoms with E-state index in [2.05, 4.69) is 0 Å². The predicted molar refractivity (Wildman–Crippen MR) is 65.9 cm³/mol. The van der Waals surface area contributed by atoms with Gasteiger partial charge in [-0.25, -0.2) is 12.7 Å². The topological polar surface area (TPSA) is 83.6 Å². The van der Waals surface area contributed by atoms with Crippen LogP contribution in [0.4, 0.5) is 0 Å². The van der Waals surface area contributed by atoms with Crippen LogP contribution in [-0.2, 0) is 15.6 Å². The summed E-state index contributed by atoms with van der Waals surface area (Å²) in [4.78, 5) is 0.194. The molecule has 6 heteroatoms. The Balaban J connectivity index is 3.14. The van der Waals surface area contributed by atoms with E-state index in [1.807, 2.05) is 0 Å². The molecule has 0 saturated heterocycles. The first-order valence-corrected chi connectivity index (χ1v) is 6.61. The minimum absolute atomic E-state index is 0.0762. The van der Waals surface area contributed by atoms with E-state index in [0.29, 0.717) is 5.56 Å². The van der Waals surface area contributed by atoms with Gasteiger partial charge < -0.3 is 10.8 Å². The third-order valence-corrected chi connectivity index (χ3v) is 4.48. The Morgan fingerprint density at radius 2 is 1.76 bits per heavy atom. The largest absolute Gasteiger partial charge is 0.384 e. The number of aliphatic hydroxyl groups is 1. The summed E-state index contributed by atoms with van der Waals surface area (Å²) in [6.07, 6.45) is 0. The van der Waals surface area contributed by atoms with Gasteiger partial charge in [0.2, 0.25) is 10.0 Å². The predicted octanol–water partition coefficient (Wildman–Crippen LogP) is 0.103. The molecule has 1 atom stereocenters. The maximum atomic E-state index is 11.8. The smallest absolute Gasteiger partial charge is 0.242 e. The van der Waals surface area contributed by atoms with Crippen molar-refractivity contribution in [1.29, 1.82) is 0 Å². The number of sulfonamides is 1. The molecule has 0 bridgehead atoms. The van der Waals surface area contributed by atoms with Gasteiger partial charge in [-0.05, 0) is 24.6 Å². The Labute approximate surface area is 102 Å². The number of nitrogens with zero attached hydrogens (tertiary/aromatic N) is 1. The van der Waals surface area contributed by atoms with Gasteiger partial charge in [-0.1, -0.05) is 12.1 Å². The van der Waals surface area contributed by atoms with Crippen molar-refractivity contribution in [3.63, 3.8) is 0 Å². The van der Waals surface area contributed by atoms with Crippen molar-refractivity contribution in [3.8, 4) is 0 Å². The molecule has 0 spiro atoms. The summed E-state index contributed by atoms with van der Waals surface area (Å²) in [5.74, 6) is 0. The molecule has 0 radical (unpaired) electrons. The van der Waals surface area contributed by atoms with Gasteiger partial charge in [0.15, 0.2) is 0 Å². The number of benzene rings is 1. The summed E-state index contributed by atoms with van der Waals surface area (Å²) in [6, 6.07) is 6.08. The summed E-state index contributed by atoms with van der Waals surface area (Å²) in [7, 11) is -0.482. The Morgan fingerprint density at radius 1 is 1.29 bits per heavy atom. The minimum atomic E-state index is -3.43. The van der Waals surface area contributed by atoms with Crippen molar-refractivity contribution >= 4 is 10.0 Å². The second kappa shape index (κ2) is 4.73. The highest BCUT2D eigenvalue weighted by Gasteiger charge is 2.22. The molecule has 0 aliphatic heterocycles. The van der Waals surface area contributed by atoms with E-state index in [4.69, 9.17) is 5.73 Å². The molecular weight excluding hydrogens is 240 g/mol. The van der Waals surface area contributed by atoms with Gasteiger partial charge >= 0.3 is 0 Å². The second-order valence-corrected chi connectivity index (χ2v) is 6.44. The molecule has 0 amide bonds. The fraction of sp³-hybridized carbons (Fsp3) is 0.455. The highest BCUT2D eigenvalue weighted by Crippen LogP contribution is 2.21. The Bertz CT molecular complexity index is 478. The lowest BCUT2D eigenvalue weighted by Crippen LogP contribution is -2.31. The molecule has 0 saturated carbocycles. The van der Waals surface area contributed by atoms with Gasteiger partial charge in [-0.2, -0.15) is 0 Å². The minimum Gasteiger partial charge on any atom is -0.384 e. The zero-order chi connectivity index (χ0) is 13.3. The lowest BCUT2D eigenvalue weighted by Gasteiger charge is -2.22. The molecule has 0 heterocycles. The SMILES string of the molecule is CN(C)S(=O)(=O)c1ccc(C(C)(O)CN)cc1. The molecule has 0 aliphatic rings. The number of rotatable bonds is 4. The summed E-state index contributed by atoms with van der Waals surface area (Å²) < 4.78 is 24.7. The lowest BCUT2D eigenvalue weighted by atomic mass is 9.97. The Kier molecular flexibility index (Phi) is 3.93. The van der Waals surface area contributed by atoms with Crippen molar-refractivity contribution in [2.75, 3.05) is 20.6 Å². The first kappa shape index (κ1) is 14.1. The van der Waals surface area contributed by atoms with Gasteiger partial charge in [0, 0.05) is 20.6 Å². The molecule has 1 aromatic carbocycles. The quantitative estimate of drug-likeness (QED) is 0.802. The molecule has 0 aliphatic carbocycles. The molecule has 1 rings (SSSR count). The highest BCUT2D eigenvalue weighted by atomic mass is 32.2. The van der Waals surface area contributed by atoms with Crippen LogP contribution in [0.3, 0.4) is 0 Å². The molecule has 1 aromatic rings. The maximum absolute atomic E-state index is 11.8. The molecule has 96 valence electrons. The summed E-state index contributed by atoms with van der Waals surface area (Å²) in [6.45, 7) is 1.66. The number of nitrogens with two attached hydrogens (primary N) is 1. The van der Waals surface area contributed by atoms with Crippen LogP contribution in [0.1, 0.15) is 12.5 Å². The molecule has 17 heavy (non-hydrogen) atoms. The van der Waals surface area contributed by atoms with Crippen LogP contribution in [0.5, 0.6) is 0 Å². The zero-order valence-electron chi connectivity index (χ0n) is 10.2. The number of hydrogen-bond donors (Lipinski definition) is 2. The van der Waals surface area contributed by atoms with Crippen molar-refractivity contribution in [2.45, 2.75) is 17.4 Å². The second-order valence-electron chi connectivity index (χ2n) is 4.29. The first-order chi connectivity index (χ1) is 7.71. The van der Waals surface area contributed by atoms with E-state index in [9.17, 15) is 13.5 Å².